The summed E-state index contributed by atoms with van der Waals surface area (Å²) < 4.78 is 44.4. The normalized spacial score (nSPS) is 15.3. The molecular formula is C20H17ClF3N3O2S. The fourth-order valence-electron chi connectivity index (χ4n) is 3.45. The topological polar surface area (TPSA) is 68.0 Å². The van der Waals surface area contributed by atoms with E-state index in [4.69, 9.17) is 16.0 Å². The molecular weight excluding hydrogens is 439 g/mol. The lowest BCUT2D eigenvalue weighted by molar-refractivity contribution is -0.137. The Labute approximate surface area is 179 Å². The third-order valence-electron chi connectivity index (χ3n) is 5.00. The van der Waals surface area contributed by atoms with E-state index in [0.29, 0.717) is 11.0 Å². The van der Waals surface area contributed by atoms with E-state index >= 15 is 0 Å². The summed E-state index contributed by atoms with van der Waals surface area (Å²) in [5.41, 5.74) is -0.797. The van der Waals surface area contributed by atoms with Gasteiger partial charge in [0, 0.05) is 11.5 Å². The molecule has 0 aliphatic heterocycles. The van der Waals surface area contributed by atoms with Gasteiger partial charge in [0.05, 0.1) is 10.6 Å². The van der Waals surface area contributed by atoms with Gasteiger partial charge in [-0.25, -0.2) is 0 Å². The van der Waals surface area contributed by atoms with E-state index in [1.807, 2.05) is 0 Å². The van der Waals surface area contributed by atoms with Crippen molar-refractivity contribution in [2.45, 2.75) is 44.2 Å². The zero-order valence-corrected chi connectivity index (χ0v) is 17.2. The Kier molecular flexibility index (Phi) is 5.84. The van der Waals surface area contributed by atoms with Crippen LogP contribution in [0.15, 0.2) is 34.7 Å². The number of benzene rings is 1. The first-order valence-corrected chi connectivity index (χ1v) is 10.6. The van der Waals surface area contributed by atoms with Crippen molar-refractivity contribution in [3.63, 3.8) is 0 Å². The second kappa shape index (κ2) is 8.39. The Bertz CT molecular complexity index is 1060. The number of carbonyl (C=O) groups excluding carboxylic acids is 1. The molecule has 10 heteroatoms. The number of hydrogen-bond acceptors (Lipinski definition) is 5. The molecule has 1 saturated carbocycles. The van der Waals surface area contributed by atoms with E-state index in [1.165, 1.54) is 42.7 Å². The highest BCUT2D eigenvalue weighted by Gasteiger charge is 2.31. The molecule has 0 bridgehead atoms. The van der Waals surface area contributed by atoms with Crippen LogP contribution in [0.5, 0.6) is 0 Å². The molecule has 5 nitrogen and oxygen atoms in total. The minimum Gasteiger partial charge on any atom is -0.451 e. The van der Waals surface area contributed by atoms with Crippen molar-refractivity contribution in [2.75, 3.05) is 5.32 Å². The summed E-state index contributed by atoms with van der Waals surface area (Å²) in [4.78, 5) is 12.5. The monoisotopic (exact) mass is 455 g/mol. The van der Waals surface area contributed by atoms with Gasteiger partial charge in [0.25, 0.3) is 5.91 Å². The number of alkyl halides is 3. The number of hydrogen-bond donors (Lipinski definition) is 1. The second-order valence-corrected chi connectivity index (χ2v) is 8.51. The van der Waals surface area contributed by atoms with Crippen molar-refractivity contribution in [3.05, 3.63) is 51.7 Å². The predicted molar refractivity (Wildman–Crippen MR) is 108 cm³/mol. The molecule has 0 unspecified atom stereocenters. The molecule has 0 spiro atoms. The van der Waals surface area contributed by atoms with Gasteiger partial charge in [-0.1, -0.05) is 42.2 Å². The molecule has 0 saturated heterocycles. The highest BCUT2D eigenvalue weighted by molar-refractivity contribution is 7.15. The first-order chi connectivity index (χ1) is 14.3. The van der Waals surface area contributed by atoms with Crippen LogP contribution in [0.1, 0.15) is 59.1 Å². The highest BCUT2D eigenvalue weighted by atomic mass is 35.5. The molecule has 3 aromatic rings. The van der Waals surface area contributed by atoms with Gasteiger partial charge in [-0.3, -0.25) is 10.1 Å². The molecule has 0 atom stereocenters. The molecule has 2 heterocycles. The van der Waals surface area contributed by atoms with Crippen LogP contribution >= 0.6 is 22.9 Å². The summed E-state index contributed by atoms with van der Waals surface area (Å²) in [7, 11) is 0. The van der Waals surface area contributed by atoms with Crippen molar-refractivity contribution in [1.29, 1.82) is 0 Å². The number of anilines is 1. The second-order valence-electron chi connectivity index (χ2n) is 7.09. The maximum Gasteiger partial charge on any atom is 0.416 e. The lowest BCUT2D eigenvalue weighted by atomic mass is 9.90. The van der Waals surface area contributed by atoms with Crippen LogP contribution in [0.3, 0.4) is 0 Å². The predicted octanol–water partition coefficient (Wildman–Crippen LogP) is 6.77. The Hall–Kier alpha value is -2.39. The number of halogens is 4. The zero-order valence-electron chi connectivity index (χ0n) is 15.6. The lowest BCUT2D eigenvalue weighted by Gasteiger charge is -2.18. The summed E-state index contributed by atoms with van der Waals surface area (Å²) in [6.45, 7) is 0. The SMILES string of the molecule is O=C(Nc1nnc(C2CCCCC2)s1)c1ccc(-c2cc(C(F)(F)F)ccc2Cl)o1. The first kappa shape index (κ1) is 20.9. The van der Waals surface area contributed by atoms with Gasteiger partial charge < -0.3 is 4.42 Å². The molecule has 0 radical (unpaired) electrons. The van der Waals surface area contributed by atoms with E-state index in [1.54, 1.807) is 0 Å². The number of furan rings is 1. The van der Waals surface area contributed by atoms with E-state index in [-0.39, 0.29) is 22.1 Å². The van der Waals surface area contributed by atoms with E-state index in [0.717, 1.165) is 36.0 Å². The number of nitrogens with zero attached hydrogens (tertiary/aromatic N) is 2. The van der Waals surface area contributed by atoms with Crippen LogP contribution < -0.4 is 5.32 Å². The molecule has 1 amide bonds. The molecule has 4 rings (SSSR count). The van der Waals surface area contributed by atoms with E-state index in [2.05, 4.69) is 15.5 Å². The maximum absolute atomic E-state index is 13.0. The van der Waals surface area contributed by atoms with E-state index in [9.17, 15) is 18.0 Å². The lowest BCUT2D eigenvalue weighted by Crippen LogP contribution is -2.10. The van der Waals surface area contributed by atoms with Crippen molar-refractivity contribution < 1.29 is 22.4 Å². The van der Waals surface area contributed by atoms with E-state index < -0.39 is 17.6 Å². The Balaban J connectivity index is 1.49. The number of rotatable bonds is 4. The van der Waals surface area contributed by atoms with Crippen LogP contribution in [-0.2, 0) is 6.18 Å². The van der Waals surface area contributed by atoms with Gasteiger partial charge in [0.2, 0.25) is 5.13 Å². The van der Waals surface area contributed by atoms with Crippen molar-refractivity contribution in [3.8, 4) is 11.3 Å². The summed E-state index contributed by atoms with van der Waals surface area (Å²) >= 11 is 7.36. The average molecular weight is 456 g/mol. The molecule has 2 aromatic heterocycles. The Morgan fingerprint density at radius 1 is 1.13 bits per heavy atom. The van der Waals surface area contributed by atoms with Gasteiger partial charge in [-0.2, -0.15) is 13.2 Å². The Morgan fingerprint density at radius 2 is 1.90 bits per heavy atom. The van der Waals surface area contributed by atoms with Crippen molar-refractivity contribution in [2.24, 2.45) is 0 Å². The molecule has 1 aromatic carbocycles. The number of aromatic nitrogens is 2. The molecule has 1 fully saturated rings. The van der Waals surface area contributed by atoms with Crippen LogP contribution in [-0.4, -0.2) is 16.1 Å². The number of carbonyl (C=O) groups is 1. The van der Waals surface area contributed by atoms with Crippen LogP contribution in [0.25, 0.3) is 11.3 Å². The van der Waals surface area contributed by atoms with Crippen molar-refractivity contribution >= 4 is 34.0 Å². The van der Waals surface area contributed by atoms with Gasteiger partial charge in [0.15, 0.2) is 5.76 Å². The highest BCUT2D eigenvalue weighted by Crippen LogP contribution is 2.37. The minimum atomic E-state index is -4.51. The van der Waals surface area contributed by atoms with Gasteiger partial charge in [0.1, 0.15) is 10.8 Å². The number of nitrogens with one attached hydrogen (secondary N) is 1. The first-order valence-electron chi connectivity index (χ1n) is 9.43. The third-order valence-corrected chi connectivity index (χ3v) is 6.34. The fourth-order valence-corrected chi connectivity index (χ4v) is 4.57. The summed E-state index contributed by atoms with van der Waals surface area (Å²) in [6.07, 6.45) is 1.19. The standard InChI is InChI=1S/C20H17ClF3N3O2S/c21-14-7-6-12(20(22,23)24)10-13(14)15-8-9-16(29-15)17(28)25-19-27-26-18(30-19)11-4-2-1-3-5-11/h6-11H,1-5H2,(H,25,27,28). The number of amides is 1. The zero-order chi connectivity index (χ0) is 21.3. The molecule has 158 valence electrons. The van der Waals surface area contributed by atoms with Crippen molar-refractivity contribution in [1.82, 2.24) is 10.2 Å². The third kappa shape index (κ3) is 4.52. The van der Waals surface area contributed by atoms with Crippen LogP contribution in [0.4, 0.5) is 18.3 Å². The minimum absolute atomic E-state index is 0.0565. The average Bonchev–Trinajstić information content (AvgIpc) is 3.38. The largest absolute Gasteiger partial charge is 0.451 e. The van der Waals surface area contributed by atoms with Gasteiger partial charge in [-0.15, -0.1) is 10.2 Å². The molecule has 1 N–H and O–H groups in total. The molecule has 1 aliphatic carbocycles. The summed E-state index contributed by atoms with van der Waals surface area (Å²) in [5, 5.41) is 12.2. The summed E-state index contributed by atoms with van der Waals surface area (Å²) in [6, 6.07) is 5.72. The molecule has 30 heavy (non-hydrogen) atoms. The molecule has 1 aliphatic rings. The smallest absolute Gasteiger partial charge is 0.416 e. The van der Waals surface area contributed by atoms with Crippen LogP contribution in [0, 0.1) is 0 Å². The maximum atomic E-state index is 13.0. The quantitative estimate of drug-likeness (QED) is 0.471. The Morgan fingerprint density at radius 3 is 2.63 bits per heavy atom. The van der Waals surface area contributed by atoms with Gasteiger partial charge in [-0.05, 0) is 43.2 Å². The van der Waals surface area contributed by atoms with Gasteiger partial charge >= 0.3 is 6.18 Å². The fraction of sp³-hybridized carbons (Fsp3) is 0.350. The van der Waals surface area contributed by atoms with Crippen LogP contribution in [0.2, 0.25) is 5.02 Å². The summed E-state index contributed by atoms with van der Waals surface area (Å²) in [5.74, 6) is -0.180.